The number of carbonyl (C=O) groups is 2. The van der Waals surface area contributed by atoms with Gasteiger partial charge >= 0.3 is 0 Å². The molecule has 0 saturated carbocycles. The summed E-state index contributed by atoms with van der Waals surface area (Å²) in [5.41, 5.74) is 5.46. The molecule has 1 N–H and O–H groups in total. The van der Waals surface area contributed by atoms with Crippen LogP contribution in [0, 0.1) is 0 Å². The summed E-state index contributed by atoms with van der Waals surface area (Å²) in [6.45, 7) is 0.191. The first-order valence-electron chi connectivity index (χ1n) is 11.3. The molecule has 7 nitrogen and oxygen atoms in total. The molecule has 0 saturated heterocycles. The number of rotatable bonds is 8. The maximum absolute atomic E-state index is 12.9. The summed E-state index contributed by atoms with van der Waals surface area (Å²) in [4.78, 5) is 27.0. The number of ether oxygens (including phenoxy) is 2. The molecule has 1 aliphatic heterocycles. The summed E-state index contributed by atoms with van der Waals surface area (Å²) >= 11 is 9.46. The van der Waals surface area contributed by atoms with E-state index in [1.54, 1.807) is 37.4 Å². The Bertz CT molecular complexity index is 1530. The van der Waals surface area contributed by atoms with Gasteiger partial charge in [0.05, 0.1) is 23.5 Å². The van der Waals surface area contributed by atoms with E-state index >= 15 is 0 Å². The summed E-state index contributed by atoms with van der Waals surface area (Å²) in [7, 11) is 1.55. The van der Waals surface area contributed by atoms with Crippen molar-refractivity contribution >= 4 is 62.0 Å². The molecule has 0 bridgehead atoms. The molecule has 2 amide bonds. The average molecular weight is 579 g/mol. The summed E-state index contributed by atoms with van der Waals surface area (Å²) in [6.07, 6.45) is 1.50. The van der Waals surface area contributed by atoms with Crippen molar-refractivity contribution in [3.63, 3.8) is 0 Å². The molecule has 0 fully saturated rings. The van der Waals surface area contributed by atoms with Gasteiger partial charge in [-0.1, -0.05) is 48.0 Å². The lowest BCUT2D eigenvalue weighted by Gasteiger charge is -2.16. The first-order chi connectivity index (χ1) is 17.9. The van der Waals surface area contributed by atoms with Crippen molar-refractivity contribution < 1.29 is 19.1 Å². The van der Waals surface area contributed by atoms with Gasteiger partial charge in [0.1, 0.15) is 13.2 Å². The predicted molar refractivity (Wildman–Crippen MR) is 148 cm³/mol. The van der Waals surface area contributed by atoms with Crippen LogP contribution in [0.1, 0.15) is 21.5 Å². The van der Waals surface area contributed by atoms with E-state index in [0.29, 0.717) is 38.7 Å². The van der Waals surface area contributed by atoms with E-state index in [1.807, 2.05) is 42.5 Å². The first-order valence-corrected chi connectivity index (χ1v) is 12.5. The fourth-order valence-corrected chi connectivity index (χ4v) is 4.88. The Balaban J connectivity index is 1.24. The molecule has 1 heterocycles. The quantitative estimate of drug-likeness (QED) is 0.207. The van der Waals surface area contributed by atoms with Crippen LogP contribution >= 0.6 is 27.5 Å². The van der Waals surface area contributed by atoms with Gasteiger partial charge in [-0.25, -0.2) is 5.43 Å². The molecular formula is C28H21BrClN3O4. The Hall–Kier alpha value is -3.88. The Morgan fingerprint density at radius 2 is 1.86 bits per heavy atom. The van der Waals surface area contributed by atoms with Crippen LogP contribution in [0.15, 0.2) is 82.4 Å². The third kappa shape index (κ3) is 5.16. The zero-order valence-corrected chi connectivity index (χ0v) is 22.0. The maximum Gasteiger partial charge on any atom is 0.260 e. The van der Waals surface area contributed by atoms with Crippen molar-refractivity contribution in [2.24, 2.45) is 5.10 Å². The van der Waals surface area contributed by atoms with E-state index in [1.165, 1.54) is 11.1 Å². The highest BCUT2D eigenvalue weighted by atomic mass is 79.9. The zero-order valence-electron chi connectivity index (χ0n) is 19.7. The van der Waals surface area contributed by atoms with Gasteiger partial charge in [-0.3, -0.25) is 14.5 Å². The Morgan fingerprint density at radius 1 is 1.11 bits per heavy atom. The molecule has 186 valence electrons. The zero-order chi connectivity index (χ0) is 25.9. The summed E-state index contributed by atoms with van der Waals surface area (Å²) in [5, 5.41) is 6.55. The molecule has 0 unspecified atom stereocenters. The topological polar surface area (TPSA) is 80.2 Å². The molecule has 4 aromatic rings. The normalized spacial score (nSPS) is 12.4. The molecule has 4 aromatic carbocycles. The second-order valence-corrected chi connectivity index (χ2v) is 9.61. The van der Waals surface area contributed by atoms with E-state index in [9.17, 15) is 9.59 Å². The summed E-state index contributed by atoms with van der Waals surface area (Å²) in [5.74, 6) is 0.432. The lowest BCUT2D eigenvalue weighted by atomic mass is 10.1. The smallest absolute Gasteiger partial charge is 0.260 e. The van der Waals surface area contributed by atoms with Gasteiger partial charge in [0.15, 0.2) is 11.5 Å². The number of nitrogens with zero attached hydrogens (tertiary/aromatic N) is 2. The van der Waals surface area contributed by atoms with Gasteiger partial charge in [-0.2, -0.15) is 5.10 Å². The number of hydrogen-bond donors (Lipinski definition) is 1. The van der Waals surface area contributed by atoms with E-state index in [2.05, 4.69) is 26.5 Å². The number of hydrogen-bond acceptors (Lipinski definition) is 5. The fourth-order valence-electron chi connectivity index (χ4n) is 4.18. The van der Waals surface area contributed by atoms with Crippen LogP contribution in [0.25, 0.3) is 10.8 Å². The van der Waals surface area contributed by atoms with Crippen molar-refractivity contribution in [1.29, 1.82) is 0 Å². The van der Waals surface area contributed by atoms with Crippen molar-refractivity contribution in [2.45, 2.75) is 6.61 Å². The Morgan fingerprint density at radius 3 is 2.62 bits per heavy atom. The molecular weight excluding hydrogens is 558 g/mol. The second-order valence-electron chi connectivity index (χ2n) is 8.31. The largest absolute Gasteiger partial charge is 0.493 e. The maximum atomic E-state index is 12.9. The van der Waals surface area contributed by atoms with Crippen molar-refractivity contribution in [1.82, 2.24) is 5.43 Å². The average Bonchev–Trinajstić information content (AvgIpc) is 3.16. The van der Waals surface area contributed by atoms with Crippen molar-refractivity contribution in [2.75, 3.05) is 18.6 Å². The van der Waals surface area contributed by atoms with Gasteiger partial charge < -0.3 is 9.47 Å². The Labute approximate surface area is 226 Å². The van der Waals surface area contributed by atoms with Crippen LogP contribution in [-0.2, 0) is 11.4 Å². The van der Waals surface area contributed by atoms with Gasteiger partial charge in [0, 0.05) is 16.0 Å². The molecule has 0 spiro atoms. The number of methoxy groups -OCH3 is 1. The van der Waals surface area contributed by atoms with Crippen LogP contribution in [0.5, 0.6) is 11.5 Å². The third-order valence-corrected chi connectivity index (χ3v) is 6.74. The molecule has 9 heteroatoms. The van der Waals surface area contributed by atoms with Crippen LogP contribution in [-0.4, -0.2) is 31.7 Å². The van der Waals surface area contributed by atoms with Crippen LogP contribution in [0.3, 0.4) is 0 Å². The minimum atomic E-state index is -0.414. The van der Waals surface area contributed by atoms with Crippen LogP contribution in [0.2, 0.25) is 5.02 Å². The molecule has 37 heavy (non-hydrogen) atoms. The lowest BCUT2D eigenvalue weighted by molar-refractivity contribution is -0.119. The number of benzene rings is 4. The molecule has 5 rings (SSSR count). The predicted octanol–water partition coefficient (Wildman–Crippen LogP) is 5.95. The number of carbonyl (C=O) groups excluding carboxylic acids is 2. The molecule has 1 aliphatic rings. The first kappa shape index (κ1) is 24.8. The summed E-state index contributed by atoms with van der Waals surface area (Å²) < 4.78 is 12.1. The highest BCUT2D eigenvalue weighted by Crippen LogP contribution is 2.38. The Kier molecular flexibility index (Phi) is 7.12. The van der Waals surface area contributed by atoms with Gasteiger partial charge in [-0.05, 0) is 68.8 Å². The lowest BCUT2D eigenvalue weighted by Crippen LogP contribution is -2.37. The molecule has 0 atom stereocenters. The molecule has 0 aromatic heterocycles. The monoisotopic (exact) mass is 577 g/mol. The number of anilines is 1. The minimum absolute atomic E-state index is 0.144. The SMILES string of the molecule is COc1cc(/C=N/NC(=O)CN2C(=O)c3cccc4cccc2c34)cc(Br)c1OCc1ccc(Cl)cc1. The highest BCUT2D eigenvalue weighted by molar-refractivity contribution is 9.10. The van der Waals surface area contributed by atoms with Crippen LogP contribution < -0.4 is 19.8 Å². The van der Waals surface area contributed by atoms with E-state index in [4.69, 9.17) is 21.1 Å². The number of halogens is 2. The van der Waals surface area contributed by atoms with E-state index in [-0.39, 0.29) is 12.5 Å². The van der Waals surface area contributed by atoms with Crippen molar-refractivity contribution in [3.05, 3.63) is 99.0 Å². The summed E-state index contributed by atoms with van der Waals surface area (Å²) in [6, 6.07) is 22.2. The third-order valence-electron chi connectivity index (χ3n) is 5.90. The number of amides is 2. The van der Waals surface area contributed by atoms with Gasteiger partial charge in [0.25, 0.3) is 11.8 Å². The van der Waals surface area contributed by atoms with E-state index < -0.39 is 5.91 Å². The number of nitrogens with one attached hydrogen (secondary N) is 1. The van der Waals surface area contributed by atoms with Crippen LogP contribution in [0.4, 0.5) is 5.69 Å². The van der Waals surface area contributed by atoms with Crippen molar-refractivity contribution in [3.8, 4) is 11.5 Å². The molecule has 0 aliphatic carbocycles. The fraction of sp³-hybridized carbons (Fsp3) is 0.107. The van der Waals surface area contributed by atoms with E-state index in [0.717, 1.165) is 22.0 Å². The standard InChI is InChI=1S/C28H21BrClN3O4/c1-36-24-13-18(12-22(29)27(24)37-16-17-8-10-20(30)11-9-17)14-31-32-25(34)15-33-23-7-3-5-19-4-2-6-21(26(19)23)28(33)35/h2-14H,15-16H2,1H3,(H,32,34)/b31-14+. The van der Waals surface area contributed by atoms with Gasteiger partial charge in [-0.15, -0.1) is 0 Å². The second kappa shape index (κ2) is 10.6. The number of hydrazone groups is 1. The van der Waals surface area contributed by atoms with Gasteiger partial charge in [0.2, 0.25) is 0 Å². The highest BCUT2D eigenvalue weighted by Gasteiger charge is 2.30. The minimum Gasteiger partial charge on any atom is -0.493 e. The molecule has 0 radical (unpaired) electrons.